The van der Waals surface area contributed by atoms with Gasteiger partial charge in [-0.25, -0.2) is 0 Å². The zero-order chi connectivity index (χ0) is 15.5. The predicted octanol–water partition coefficient (Wildman–Crippen LogP) is 2.46. The monoisotopic (exact) mass is 319 g/mol. The fourth-order valence-corrected chi connectivity index (χ4v) is 2.22. The van der Waals surface area contributed by atoms with E-state index < -0.39 is 0 Å². The standard InChI is InChI=1S/C15H18ClN5O/c1-9-7-12(9)19-15(17-2)18-8-13-20-14(21-22-13)10-3-5-11(16)6-4-10/h3-6,9,12H,7-8H2,1-2H3,(H2,17,18,19). The van der Waals surface area contributed by atoms with E-state index in [-0.39, 0.29) is 0 Å². The van der Waals surface area contributed by atoms with Crippen molar-refractivity contribution < 1.29 is 4.52 Å². The number of aliphatic imine (C=N–C) groups is 1. The number of hydrogen-bond donors (Lipinski definition) is 2. The molecule has 2 unspecified atom stereocenters. The van der Waals surface area contributed by atoms with E-state index in [0.717, 1.165) is 11.5 Å². The second-order valence-corrected chi connectivity index (χ2v) is 5.84. The van der Waals surface area contributed by atoms with E-state index in [2.05, 4.69) is 32.7 Å². The average molecular weight is 320 g/mol. The molecule has 7 heteroatoms. The van der Waals surface area contributed by atoms with Gasteiger partial charge in [0.15, 0.2) is 5.96 Å². The smallest absolute Gasteiger partial charge is 0.246 e. The van der Waals surface area contributed by atoms with E-state index >= 15 is 0 Å². The van der Waals surface area contributed by atoms with E-state index in [1.807, 2.05) is 12.1 Å². The van der Waals surface area contributed by atoms with Crippen molar-refractivity contribution in [2.24, 2.45) is 10.9 Å². The molecule has 1 aliphatic rings. The summed E-state index contributed by atoms with van der Waals surface area (Å²) in [5.41, 5.74) is 0.869. The number of nitrogens with one attached hydrogen (secondary N) is 2. The number of rotatable bonds is 4. The van der Waals surface area contributed by atoms with E-state index in [1.54, 1.807) is 19.2 Å². The lowest BCUT2D eigenvalue weighted by molar-refractivity contribution is 0.375. The van der Waals surface area contributed by atoms with Gasteiger partial charge >= 0.3 is 0 Å². The summed E-state index contributed by atoms with van der Waals surface area (Å²) in [6.07, 6.45) is 1.18. The average Bonchev–Trinajstić information content (AvgIpc) is 3.01. The summed E-state index contributed by atoms with van der Waals surface area (Å²) in [4.78, 5) is 8.54. The van der Waals surface area contributed by atoms with Gasteiger partial charge in [0.05, 0.1) is 6.54 Å². The van der Waals surface area contributed by atoms with E-state index in [9.17, 15) is 0 Å². The highest BCUT2D eigenvalue weighted by Crippen LogP contribution is 2.28. The van der Waals surface area contributed by atoms with E-state index in [1.165, 1.54) is 6.42 Å². The maximum absolute atomic E-state index is 5.87. The zero-order valence-electron chi connectivity index (χ0n) is 12.5. The van der Waals surface area contributed by atoms with Gasteiger partial charge in [0.1, 0.15) is 0 Å². The van der Waals surface area contributed by atoms with Crippen molar-refractivity contribution in [1.29, 1.82) is 0 Å². The Bertz CT molecular complexity index is 667. The molecule has 1 aliphatic carbocycles. The molecule has 1 fully saturated rings. The van der Waals surface area contributed by atoms with E-state index in [4.69, 9.17) is 16.1 Å². The van der Waals surface area contributed by atoms with Crippen LogP contribution in [0, 0.1) is 5.92 Å². The van der Waals surface area contributed by atoms with Crippen LogP contribution in [0.15, 0.2) is 33.8 Å². The third-order valence-corrected chi connectivity index (χ3v) is 3.88. The third-order valence-electron chi connectivity index (χ3n) is 3.63. The molecule has 1 aromatic carbocycles. The Hall–Kier alpha value is -2.08. The van der Waals surface area contributed by atoms with Crippen molar-refractivity contribution in [3.63, 3.8) is 0 Å². The Morgan fingerprint density at radius 3 is 2.77 bits per heavy atom. The number of hydrogen-bond acceptors (Lipinski definition) is 4. The van der Waals surface area contributed by atoms with Crippen LogP contribution in [0.5, 0.6) is 0 Å². The number of benzene rings is 1. The predicted molar refractivity (Wildman–Crippen MR) is 85.6 cm³/mol. The SMILES string of the molecule is CN=C(NCc1nc(-c2ccc(Cl)cc2)no1)NC1CC1C. The summed E-state index contributed by atoms with van der Waals surface area (Å²) in [6, 6.07) is 7.83. The molecule has 3 rings (SSSR count). The van der Waals surface area contributed by atoms with Crippen molar-refractivity contribution in [2.45, 2.75) is 25.9 Å². The quantitative estimate of drug-likeness (QED) is 0.669. The highest BCUT2D eigenvalue weighted by Gasteiger charge is 2.33. The molecule has 0 saturated heterocycles. The lowest BCUT2D eigenvalue weighted by Crippen LogP contribution is -2.38. The first-order valence-corrected chi connectivity index (χ1v) is 7.59. The van der Waals surface area contributed by atoms with Crippen LogP contribution >= 0.6 is 11.6 Å². The summed E-state index contributed by atoms with van der Waals surface area (Å²) in [5.74, 6) is 2.52. The molecular formula is C15H18ClN5O. The summed E-state index contributed by atoms with van der Waals surface area (Å²) >= 11 is 5.87. The van der Waals surface area contributed by atoms with Gasteiger partial charge in [-0.3, -0.25) is 4.99 Å². The van der Waals surface area contributed by atoms with Gasteiger partial charge in [0, 0.05) is 23.7 Å². The molecule has 116 valence electrons. The Balaban J connectivity index is 1.58. The Labute approximate surface area is 134 Å². The molecule has 0 aliphatic heterocycles. The minimum absolute atomic E-state index is 0.432. The molecule has 0 spiro atoms. The van der Waals surface area contributed by atoms with Crippen molar-refractivity contribution in [2.75, 3.05) is 7.05 Å². The number of aromatic nitrogens is 2. The highest BCUT2D eigenvalue weighted by atomic mass is 35.5. The molecule has 2 aromatic rings. The van der Waals surface area contributed by atoms with Gasteiger partial charge in [-0.05, 0) is 36.6 Å². The normalized spacial score (nSPS) is 20.8. The first kappa shape index (κ1) is 14.8. The third kappa shape index (κ3) is 3.57. The van der Waals surface area contributed by atoms with Crippen LogP contribution in [0.3, 0.4) is 0 Å². The van der Waals surface area contributed by atoms with Gasteiger partial charge in [-0.2, -0.15) is 4.98 Å². The Morgan fingerprint density at radius 1 is 1.41 bits per heavy atom. The van der Waals surface area contributed by atoms with Gasteiger partial charge in [-0.1, -0.05) is 23.7 Å². The molecule has 6 nitrogen and oxygen atoms in total. The fourth-order valence-electron chi connectivity index (χ4n) is 2.10. The van der Waals surface area contributed by atoms with Crippen LogP contribution < -0.4 is 10.6 Å². The van der Waals surface area contributed by atoms with Crippen LogP contribution in [0.25, 0.3) is 11.4 Å². The molecular weight excluding hydrogens is 302 g/mol. The molecule has 2 atom stereocenters. The van der Waals surface area contributed by atoms with Crippen LogP contribution in [-0.2, 0) is 6.54 Å². The fraction of sp³-hybridized carbons (Fsp3) is 0.400. The van der Waals surface area contributed by atoms with Gasteiger partial charge in [0.25, 0.3) is 0 Å². The minimum Gasteiger partial charge on any atom is -0.353 e. The lowest BCUT2D eigenvalue weighted by Gasteiger charge is -2.09. The van der Waals surface area contributed by atoms with Gasteiger partial charge < -0.3 is 15.2 Å². The number of guanidine groups is 1. The summed E-state index contributed by atoms with van der Waals surface area (Å²) < 4.78 is 5.25. The largest absolute Gasteiger partial charge is 0.353 e. The Kier molecular flexibility index (Phi) is 4.29. The summed E-state index contributed by atoms with van der Waals surface area (Å²) in [5, 5.41) is 11.2. The van der Waals surface area contributed by atoms with Crippen molar-refractivity contribution in [3.8, 4) is 11.4 Å². The molecule has 22 heavy (non-hydrogen) atoms. The topological polar surface area (TPSA) is 75.3 Å². The van der Waals surface area contributed by atoms with Crippen LogP contribution in [0.1, 0.15) is 19.2 Å². The molecule has 0 bridgehead atoms. The lowest BCUT2D eigenvalue weighted by atomic mass is 10.2. The molecule has 1 heterocycles. The van der Waals surface area contributed by atoms with Crippen LogP contribution in [0.2, 0.25) is 5.02 Å². The highest BCUT2D eigenvalue weighted by molar-refractivity contribution is 6.30. The Morgan fingerprint density at radius 2 is 2.14 bits per heavy atom. The number of nitrogens with zero attached hydrogens (tertiary/aromatic N) is 3. The molecule has 2 N–H and O–H groups in total. The molecule has 1 saturated carbocycles. The second kappa shape index (κ2) is 6.36. The maximum atomic E-state index is 5.87. The van der Waals surface area contributed by atoms with E-state index in [0.29, 0.717) is 35.2 Å². The summed E-state index contributed by atoms with van der Waals surface area (Å²) in [7, 11) is 1.75. The molecule has 0 radical (unpaired) electrons. The van der Waals surface area contributed by atoms with Crippen molar-refractivity contribution >= 4 is 17.6 Å². The first-order chi connectivity index (χ1) is 10.7. The van der Waals surface area contributed by atoms with Crippen LogP contribution in [-0.4, -0.2) is 29.2 Å². The zero-order valence-corrected chi connectivity index (χ0v) is 13.3. The molecule has 0 amide bonds. The van der Waals surface area contributed by atoms with Crippen molar-refractivity contribution in [3.05, 3.63) is 35.2 Å². The number of halogens is 1. The van der Waals surface area contributed by atoms with Gasteiger partial charge in [0.2, 0.25) is 11.7 Å². The maximum Gasteiger partial charge on any atom is 0.246 e. The summed E-state index contributed by atoms with van der Waals surface area (Å²) in [6.45, 7) is 2.64. The van der Waals surface area contributed by atoms with Crippen LogP contribution in [0.4, 0.5) is 0 Å². The minimum atomic E-state index is 0.432. The first-order valence-electron chi connectivity index (χ1n) is 7.21. The molecule has 1 aromatic heterocycles. The van der Waals surface area contributed by atoms with Crippen molar-refractivity contribution in [1.82, 2.24) is 20.8 Å². The second-order valence-electron chi connectivity index (χ2n) is 5.41. The van der Waals surface area contributed by atoms with Gasteiger partial charge in [-0.15, -0.1) is 0 Å².